The van der Waals surface area contributed by atoms with Crippen LogP contribution in [0.3, 0.4) is 0 Å². The van der Waals surface area contributed by atoms with Gasteiger partial charge in [0, 0.05) is 0 Å². The van der Waals surface area contributed by atoms with Crippen molar-refractivity contribution < 1.29 is 19.4 Å². The molecule has 1 atom stereocenters. The average Bonchev–Trinajstić information content (AvgIpc) is 2.34. The Kier molecular flexibility index (Phi) is 5.29. The van der Waals surface area contributed by atoms with Crippen molar-refractivity contribution in [3.63, 3.8) is 0 Å². The number of benzene rings is 1. The van der Waals surface area contributed by atoms with Crippen LogP contribution >= 0.6 is 0 Å². The van der Waals surface area contributed by atoms with E-state index in [2.05, 4.69) is 0 Å². The summed E-state index contributed by atoms with van der Waals surface area (Å²) in [5.41, 5.74) is 5.35. The Hall–Kier alpha value is -1.75. The maximum absolute atomic E-state index is 10.5. The highest BCUT2D eigenvalue weighted by Gasteiger charge is 2.13. The molecule has 5 nitrogen and oxygen atoms in total. The number of carbonyl (C=O) groups is 1. The molecule has 1 aromatic carbocycles. The summed E-state index contributed by atoms with van der Waals surface area (Å²) in [7, 11) is 0. The third-order valence-electron chi connectivity index (χ3n) is 2.05. The second-order valence-corrected chi connectivity index (χ2v) is 3.55. The van der Waals surface area contributed by atoms with Gasteiger partial charge in [-0.15, -0.1) is 0 Å². The van der Waals surface area contributed by atoms with Crippen LogP contribution in [-0.2, 0) is 4.79 Å². The Morgan fingerprint density at radius 1 is 1.35 bits per heavy atom. The zero-order valence-corrected chi connectivity index (χ0v) is 9.76. The fraction of sp³-hybridized carbons (Fsp3) is 0.417. The van der Waals surface area contributed by atoms with Crippen LogP contribution in [0.15, 0.2) is 24.3 Å². The topological polar surface area (TPSA) is 81.8 Å². The molecule has 0 aliphatic carbocycles. The van der Waals surface area contributed by atoms with Crippen molar-refractivity contribution in [2.24, 2.45) is 5.73 Å². The first-order valence-electron chi connectivity index (χ1n) is 5.48. The third-order valence-corrected chi connectivity index (χ3v) is 2.05. The average molecular weight is 239 g/mol. The highest BCUT2D eigenvalue weighted by molar-refractivity contribution is 5.73. The van der Waals surface area contributed by atoms with Gasteiger partial charge in [0.25, 0.3) is 0 Å². The minimum Gasteiger partial charge on any atom is -0.490 e. The molecule has 0 bridgehead atoms. The molecule has 1 rings (SSSR count). The van der Waals surface area contributed by atoms with Crippen molar-refractivity contribution in [1.82, 2.24) is 0 Å². The summed E-state index contributed by atoms with van der Waals surface area (Å²) in [6, 6.07) is 6.08. The van der Waals surface area contributed by atoms with E-state index in [4.69, 9.17) is 20.3 Å². The van der Waals surface area contributed by atoms with Gasteiger partial charge in [0.05, 0.1) is 6.61 Å². The molecule has 17 heavy (non-hydrogen) atoms. The maximum atomic E-state index is 10.5. The largest absolute Gasteiger partial charge is 0.490 e. The lowest BCUT2D eigenvalue weighted by atomic mass is 10.3. The molecule has 5 heteroatoms. The van der Waals surface area contributed by atoms with E-state index >= 15 is 0 Å². The van der Waals surface area contributed by atoms with Crippen molar-refractivity contribution in [1.29, 1.82) is 0 Å². The molecule has 0 spiro atoms. The molecule has 0 aliphatic rings. The van der Waals surface area contributed by atoms with Crippen LogP contribution in [0, 0.1) is 0 Å². The van der Waals surface area contributed by atoms with E-state index in [1.54, 1.807) is 18.2 Å². The number of ether oxygens (including phenoxy) is 2. The Morgan fingerprint density at radius 2 is 1.94 bits per heavy atom. The van der Waals surface area contributed by atoms with Gasteiger partial charge in [-0.25, -0.2) is 0 Å². The Bertz CT molecular complexity index is 367. The molecule has 0 radical (unpaired) electrons. The number of carboxylic acids is 1. The van der Waals surface area contributed by atoms with Crippen molar-refractivity contribution >= 4 is 5.97 Å². The number of nitrogens with two attached hydrogens (primary N) is 1. The molecule has 0 saturated heterocycles. The van der Waals surface area contributed by atoms with Gasteiger partial charge in [0.15, 0.2) is 11.5 Å². The molecule has 1 aromatic rings. The fourth-order valence-electron chi connectivity index (χ4n) is 1.15. The number of carboxylic acid groups (broad SMARTS) is 1. The lowest BCUT2D eigenvalue weighted by Crippen LogP contribution is -2.36. The number of hydrogen-bond acceptors (Lipinski definition) is 4. The van der Waals surface area contributed by atoms with Gasteiger partial charge >= 0.3 is 5.97 Å². The molecule has 0 saturated carbocycles. The van der Waals surface area contributed by atoms with Crippen molar-refractivity contribution in [3.8, 4) is 11.5 Å². The van der Waals surface area contributed by atoms with Crippen molar-refractivity contribution in [2.75, 3.05) is 13.2 Å². The van der Waals surface area contributed by atoms with E-state index in [1.807, 2.05) is 13.0 Å². The van der Waals surface area contributed by atoms with E-state index in [0.717, 1.165) is 6.42 Å². The Morgan fingerprint density at radius 3 is 2.47 bits per heavy atom. The number of para-hydroxylation sites is 2. The summed E-state index contributed by atoms with van der Waals surface area (Å²) >= 11 is 0. The van der Waals surface area contributed by atoms with Crippen LogP contribution in [0.4, 0.5) is 0 Å². The predicted molar refractivity (Wildman–Crippen MR) is 63.3 cm³/mol. The van der Waals surface area contributed by atoms with Crippen LogP contribution < -0.4 is 15.2 Å². The minimum absolute atomic E-state index is 0.0815. The van der Waals surface area contributed by atoms with Gasteiger partial charge in [-0.3, -0.25) is 4.79 Å². The van der Waals surface area contributed by atoms with Gasteiger partial charge in [-0.1, -0.05) is 19.1 Å². The standard InChI is InChI=1S/C12H17NO4/c1-2-7-16-10-5-3-4-6-11(10)17-8-9(13)12(14)15/h3-6,9H,2,7-8,13H2,1H3,(H,14,15). The van der Waals surface area contributed by atoms with E-state index < -0.39 is 12.0 Å². The lowest BCUT2D eigenvalue weighted by molar-refractivity contribution is -0.139. The summed E-state index contributed by atoms with van der Waals surface area (Å²) in [5.74, 6) is 0.0292. The second kappa shape index (κ2) is 6.75. The summed E-state index contributed by atoms with van der Waals surface area (Å²) < 4.78 is 10.8. The SMILES string of the molecule is CCCOc1ccccc1OCC(N)C(=O)O. The predicted octanol–water partition coefficient (Wildman–Crippen LogP) is 1.27. The summed E-state index contributed by atoms with van der Waals surface area (Å²) in [4.78, 5) is 10.5. The first-order valence-corrected chi connectivity index (χ1v) is 5.48. The van der Waals surface area contributed by atoms with E-state index in [0.29, 0.717) is 18.1 Å². The van der Waals surface area contributed by atoms with Gasteiger partial charge in [0.2, 0.25) is 0 Å². The minimum atomic E-state index is -1.09. The van der Waals surface area contributed by atoms with Crippen LogP contribution in [0.1, 0.15) is 13.3 Å². The molecule has 0 amide bonds. The molecule has 0 heterocycles. The van der Waals surface area contributed by atoms with Crippen molar-refractivity contribution in [2.45, 2.75) is 19.4 Å². The molecule has 0 aromatic heterocycles. The molecule has 3 N–H and O–H groups in total. The molecule has 0 fully saturated rings. The first-order chi connectivity index (χ1) is 8.15. The van der Waals surface area contributed by atoms with Crippen molar-refractivity contribution in [3.05, 3.63) is 24.3 Å². The molecule has 94 valence electrons. The van der Waals surface area contributed by atoms with E-state index in [9.17, 15) is 4.79 Å². The summed E-state index contributed by atoms with van der Waals surface area (Å²) in [6.07, 6.45) is 0.892. The summed E-state index contributed by atoms with van der Waals surface area (Å²) in [6.45, 7) is 2.51. The zero-order chi connectivity index (χ0) is 12.7. The second-order valence-electron chi connectivity index (χ2n) is 3.55. The smallest absolute Gasteiger partial charge is 0.324 e. The van der Waals surface area contributed by atoms with Crippen LogP contribution in [0.5, 0.6) is 11.5 Å². The van der Waals surface area contributed by atoms with Crippen LogP contribution in [0.2, 0.25) is 0 Å². The number of aliphatic carboxylic acids is 1. The summed E-state index contributed by atoms with van der Waals surface area (Å²) in [5, 5.41) is 8.63. The number of hydrogen-bond donors (Lipinski definition) is 2. The van der Waals surface area contributed by atoms with E-state index in [-0.39, 0.29) is 6.61 Å². The molecule has 0 aliphatic heterocycles. The van der Waals surface area contributed by atoms with Gasteiger partial charge in [-0.2, -0.15) is 0 Å². The normalized spacial score (nSPS) is 11.9. The third kappa shape index (κ3) is 4.32. The van der Waals surface area contributed by atoms with E-state index in [1.165, 1.54) is 0 Å². The zero-order valence-electron chi connectivity index (χ0n) is 9.76. The first kappa shape index (κ1) is 13.3. The fourth-order valence-corrected chi connectivity index (χ4v) is 1.15. The highest BCUT2D eigenvalue weighted by Crippen LogP contribution is 2.26. The molecule has 1 unspecified atom stereocenters. The maximum Gasteiger partial charge on any atom is 0.324 e. The highest BCUT2D eigenvalue weighted by atomic mass is 16.5. The molecular formula is C12H17NO4. The molecular weight excluding hydrogens is 222 g/mol. The monoisotopic (exact) mass is 239 g/mol. The quantitative estimate of drug-likeness (QED) is 0.748. The van der Waals surface area contributed by atoms with Gasteiger partial charge < -0.3 is 20.3 Å². The van der Waals surface area contributed by atoms with Crippen LogP contribution in [-0.4, -0.2) is 30.3 Å². The van der Waals surface area contributed by atoms with Gasteiger partial charge in [-0.05, 0) is 18.6 Å². The Balaban J connectivity index is 2.60. The van der Waals surface area contributed by atoms with Gasteiger partial charge in [0.1, 0.15) is 12.6 Å². The van der Waals surface area contributed by atoms with Crippen LogP contribution in [0.25, 0.3) is 0 Å². The Labute approximate surface area is 100 Å². The lowest BCUT2D eigenvalue weighted by Gasteiger charge is -2.13. The number of rotatable bonds is 7.